The largest absolute Gasteiger partial charge is 0.396 e. The maximum absolute atomic E-state index is 11.4. The highest BCUT2D eigenvalue weighted by Crippen LogP contribution is 2.21. The van der Waals surface area contributed by atoms with Gasteiger partial charge in [-0.3, -0.25) is 0 Å². The van der Waals surface area contributed by atoms with Crippen LogP contribution >= 0.6 is 0 Å². The Morgan fingerprint density at radius 3 is 1.93 bits per heavy atom. The monoisotopic (exact) mass is 224 g/mol. The van der Waals surface area contributed by atoms with Crippen LogP contribution in [0.15, 0.2) is 0 Å². The van der Waals surface area contributed by atoms with Crippen molar-refractivity contribution in [3.05, 3.63) is 0 Å². The first-order chi connectivity index (χ1) is 6.27. The predicted octanol–water partition coefficient (Wildman–Crippen LogP) is 0.191. The molecule has 0 atom stereocenters. The first kappa shape index (κ1) is 13.9. The first-order valence-corrected chi connectivity index (χ1v) is 6.42. The van der Waals surface area contributed by atoms with Gasteiger partial charge in [0.1, 0.15) is 0 Å². The zero-order valence-electron chi connectivity index (χ0n) is 9.02. The third kappa shape index (κ3) is 3.94. The molecule has 0 spiro atoms. The average Bonchev–Trinajstić information content (AvgIpc) is 2.14. The van der Waals surface area contributed by atoms with Gasteiger partial charge < -0.3 is 10.2 Å². The first-order valence-electron chi connectivity index (χ1n) is 4.71. The van der Waals surface area contributed by atoms with Crippen LogP contribution in [0.1, 0.15) is 27.2 Å². The summed E-state index contributed by atoms with van der Waals surface area (Å²) in [6.07, 6.45) is 0.292. The molecule has 0 amide bonds. The molecule has 86 valence electrons. The maximum Gasteiger partial charge on any atom is 0.152 e. The van der Waals surface area contributed by atoms with Crippen LogP contribution in [0.4, 0.5) is 0 Å². The molecule has 0 bridgehead atoms. The fourth-order valence-corrected chi connectivity index (χ4v) is 2.08. The average molecular weight is 224 g/mol. The van der Waals surface area contributed by atoms with E-state index in [9.17, 15) is 8.42 Å². The maximum atomic E-state index is 11.4. The molecule has 0 radical (unpaired) electrons. The van der Waals surface area contributed by atoms with E-state index in [-0.39, 0.29) is 19.0 Å². The quantitative estimate of drug-likeness (QED) is 0.675. The third-order valence-corrected chi connectivity index (χ3v) is 4.68. The van der Waals surface area contributed by atoms with E-state index < -0.39 is 20.5 Å². The third-order valence-electron chi connectivity index (χ3n) is 2.47. The number of aliphatic hydroxyl groups excluding tert-OH is 2. The number of sulfone groups is 1. The summed E-state index contributed by atoms with van der Waals surface area (Å²) in [6.45, 7) is 4.53. The molecule has 0 heterocycles. The number of aliphatic hydroxyl groups is 2. The molecule has 0 aromatic heterocycles. The zero-order chi connectivity index (χ0) is 11.4. The lowest BCUT2D eigenvalue weighted by Gasteiger charge is -2.24. The van der Waals surface area contributed by atoms with E-state index in [0.29, 0.717) is 6.42 Å². The molecule has 0 saturated heterocycles. The van der Waals surface area contributed by atoms with Gasteiger partial charge in [0.05, 0.1) is 24.2 Å². The van der Waals surface area contributed by atoms with Gasteiger partial charge in [0.2, 0.25) is 0 Å². The van der Waals surface area contributed by atoms with Crippen LogP contribution in [0.3, 0.4) is 0 Å². The molecule has 0 unspecified atom stereocenters. The summed E-state index contributed by atoms with van der Waals surface area (Å²) in [7, 11) is -3.07. The van der Waals surface area contributed by atoms with Crippen LogP contribution in [0.25, 0.3) is 0 Å². The number of hydrogen-bond donors (Lipinski definition) is 2. The van der Waals surface area contributed by atoms with Gasteiger partial charge >= 0.3 is 0 Å². The van der Waals surface area contributed by atoms with E-state index in [1.54, 1.807) is 20.8 Å². The fourth-order valence-electron chi connectivity index (χ4n) is 0.832. The molecule has 0 rings (SSSR count). The van der Waals surface area contributed by atoms with Gasteiger partial charge in [-0.15, -0.1) is 0 Å². The molecular formula is C9H20O4S. The molecule has 0 saturated carbocycles. The lowest BCUT2D eigenvalue weighted by atomic mass is 9.90. The molecular weight excluding hydrogens is 204 g/mol. The fraction of sp³-hybridized carbons (Fsp3) is 1.00. The summed E-state index contributed by atoms with van der Waals surface area (Å²) in [5.41, 5.74) is -0.692. The standard InChI is InChI=1S/C9H20O4S/c1-8(2)14(12,13)5-4-9(3,6-10)7-11/h8,10-11H,4-7H2,1-3H3. The van der Waals surface area contributed by atoms with Crippen molar-refractivity contribution in [2.24, 2.45) is 5.41 Å². The van der Waals surface area contributed by atoms with Crippen LogP contribution in [0.5, 0.6) is 0 Å². The number of hydrogen-bond acceptors (Lipinski definition) is 4. The van der Waals surface area contributed by atoms with Crippen molar-refractivity contribution in [2.75, 3.05) is 19.0 Å². The van der Waals surface area contributed by atoms with Gasteiger partial charge in [0.25, 0.3) is 0 Å². The second-order valence-electron chi connectivity index (χ2n) is 4.29. The van der Waals surface area contributed by atoms with Gasteiger partial charge in [-0.1, -0.05) is 6.92 Å². The second-order valence-corrected chi connectivity index (χ2v) is 6.97. The highest BCUT2D eigenvalue weighted by Gasteiger charge is 2.26. The molecule has 14 heavy (non-hydrogen) atoms. The predicted molar refractivity (Wildman–Crippen MR) is 55.8 cm³/mol. The Morgan fingerprint density at radius 1 is 1.21 bits per heavy atom. The smallest absolute Gasteiger partial charge is 0.152 e. The summed E-state index contributed by atoms with van der Waals surface area (Å²) >= 11 is 0. The highest BCUT2D eigenvalue weighted by molar-refractivity contribution is 7.91. The van der Waals surface area contributed by atoms with Gasteiger partial charge in [0.15, 0.2) is 9.84 Å². The topological polar surface area (TPSA) is 74.6 Å². The Balaban J connectivity index is 4.31. The SMILES string of the molecule is CC(C)S(=O)(=O)CCC(C)(CO)CO. The lowest BCUT2D eigenvalue weighted by molar-refractivity contribution is 0.0676. The van der Waals surface area contributed by atoms with Crippen molar-refractivity contribution in [1.29, 1.82) is 0 Å². The molecule has 0 aromatic rings. The van der Waals surface area contributed by atoms with E-state index in [4.69, 9.17) is 10.2 Å². The molecule has 0 aliphatic rings. The Morgan fingerprint density at radius 2 is 1.64 bits per heavy atom. The van der Waals surface area contributed by atoms with Crippen molar-refractivity contribution in [2.45, 2.75) is 32.4 Å². The lowest BCUT2D eigenvalue weighted by Crippen LogP contribution is -2.30. The molecule has 0 aliphatic carbocycles. The molecule has 0 aromatic carbocycles. The number of rotatable bonds is 6. The minimum absolute atomic E-state index is 0.0162. The zero-order valence-corrected chi connectivity index (χ0v) is 9.84. The van der Waals surface area contributed by atoms with Crippen LogP contribution in [-0.4, -0.2) is 42.8 Å². The van der Waals surface area contributed by atoms with E-state index in [2.05, 4.69) is 0 Å². The van der Waals surface area contributed by atoms with Crippen molar-refractivity contribution in [3.63, 3.8) is 0 Å². The van der Waals surface area contributed by atoms with Crippen LogP contribution in [-0.2, 0) is 9.84 Å². The van der Waals surface area contributed by atoms with Crippen molar-refractivity contribution >= 4 is 9.84 Å². The Kier molecular flexibility index (Phi) is 5.05. The second kappa shape index (κ2) is 5.09. The van der Waals surface area contributed by atoms with Crippen LogP contribution < -0.4 is 0 Å². The van der Waals surface area contributed by atoms with Crippen LogP contribution in [0.2, 0.25) is 0 Å². The van der Waals surface area contributed by atoms with Crippen LogP contribution in [0, 0.1) is 5.41 Å². The minimum atomic E-state index is -3.07. The normalized spacial score (nSPS) is 13.6. The van der Waals surface area contributed by atoms with Gasteiger partial charge in [-0.25, -0.2) is 8.42 Å². The van der Waals surface area contributed by atoms with E-state index in [1.165, 1.54) is 0 Å². The summed E-state index contributed by atoms with van der Waals surface area (Å²) in [6, 6.07) is 0. The summed E-state index contributed by atoms with van der Waals surface area (Å²) in [4.78, 5) is 0. The molecule has 0 aliphatic heterocycles. The van der Waals surface area contributed by atoms with Crippen molar-refractivity contribution < 1.29 is 18.6 Å². The van der Waals surface area contributed by atoms with Gasteiger partial charge in [0, 0.05) is 5.41 Å². The van der Waals surface area contributed by atoms with E-state index in [1.807, 2.05) is 0 Å². The molecule has 5 heteroatoms. The summed E-state index contributed by atoms with van der Waals surface area (Å²) < 4.78 is 22.9. The summed E-state index contributed by atoms with van der Waals surface area (Å²) in [5.74, 6) is 0.0162. The van der Waals surface area contributed by atoms with Gasteiger partial charge in [-0.05, 0) is 20.3 Å². The Hall–Kier alpha value is -0.130. The van der Waals surface area contributed by atoms with Gasteiger partial charge in [-0.2, -0.15) is 0 Å². The molecule has 4 nitrogen and oxygen atoms in total. The summed E-state index contributed by atoms with van der Waals surface area (Å²) in [5, 5.41) is 17.5. The Bertz CT molecular complexity index is 252. The minimum Gasteiger partial charge on any atom is -0.396 e. The highest BCUT2D eigenvalue weighted by atomic mass is 32.2. The van der Waals surface area contributed by atoms with E-state index in [0.717, 1.165) is 0 Å². The van der Waals surface area contributed by atoms with Crippen molar-refractivity contribution in [1.82, 2.24) is 0 Å². The van der Waals surface area contributed by atoms with E-state index >= 15 is 0 Å². The Labute approximate surface area is 85.9 Å². The molecule has 0 fully saturated rings. The molecule has 2 N–H and O–H groups in total. The van der Waals surface area contributed by atoms with Crippen molar-refractivity contribution in [3.8, 4) is 0 Å².